The number of halogens is 1. The normalized spacial score (nSPS) is 17.2. The molecule has 1 N–H and O–H groups in total. The van der Waals surface area contributed by atoms with Crippen molar-refractivity contribution < 1.29 is 9.53 Å². The molecule has 0 unspecified atom stereocenters. The molecule has 3 heterocycles. The van der Waals surface area contributed by atoms with Crippen LogP contribution in [0.15, 0.2) is 30.5 Å². The highest BCUT2D eigenvalue weighted by Gasteiger charge is 2.30. The topological polar surface area (TPSA) is 81.5 Å². The van der Waals surface area contributed by atoms with Crippen LogP contribution in [0.4, 0.5) is 16.3 Å². The summed E-state index contributed by atoms with van der Waals surface area (Å²) in [6.45, 7) is 2.24. The van der Waals surface area contributed by atoms with E-state index < -0.39 is 0 Å². The van der Waals surface area contributed by atoms with Gasteiger partial charge in [-0.3, -0.25) is 0 Å². The summed E-state index contributed by atoms with van der Waals surface area (Å²) in [6, 6.07) is 9.65. The summed E-state index contributed by atoms with van der Waals surface area (Å²) in [5.74, 6) is 1.57. The van der Waals surface area contributed by atoms with Gasteiger partial charge < -0.3 is 19.9 Å². The number of aromatic nitrogens is 1. The molecule has 8 heteroatoms. The van der Waals surface area contributed by atoms with Crippen molar-refractivity contribution in [3.05, 3.63) is 46.6 Å². The molecule has 1 fully saturated rings. The average molecular weight is 412 g/mol. The van der Waals surface area contributed by atoms with Crippen molar-refractivity contribution in [2.75, 3.05) is 37.0 Å². The number of ether oxygens (including phenoxy) is 1. The van der Waals surface area contributed by atoms with Crippen LogP contribution in [0, 0.1) is 11.3 Å². The zero-order valence-corrected chi connectivity index (χ0v) is 16.9. The van der Waals surface area contributed by atoms with E-state index in [0.29, 0.717) is 17.1 Å². The number of rotatable bonds is 3. The number of urea groups is 1. The molecular weight excluding hydrogens is 390 g/mol. The molecule has 0 spiro atoms. The van der Waals surface area contributed by atoms with Crippen LogP contribution in [0.1, 0.15) is 24.0 Å². The van der Waals surface area contributed by atoms with Crippen LogP contribution < -0.4 is 15.0 Å². The van der Waals surface area contributed by atoms with E-state index in [4.69, 9.17) is 21.6 Å². The average Bonchev–Trinajstić information content (AvgIpc) is 2.91. The first-order chi connectivity index (χ1) is 14.1. The lowest BCUT2D eigenvalue weighted by atomic mass is 10.0. The van der Waals surface area contributed by atoms with Crippen molar-refractivity contribution in [3.8, 4) is 11.8 Å². The standard InChI is InChI=1S/C21H22ClN5O2/c1-29-17-2-3-19-14(10-17)4-9-27(21(28)25-19)16-5-7-26(8-6-16)20-11-18(22)15(12-23)13-24-20/h2-3,10-11,13,16H,4-9H2,1H3,(H,25,28). The number of carbonyl (C=O) groups excluding carboxylic acids is 1. The Hall–Kier alpha value is -2.98. The van der Waals surface area contributed by atoms with Crippen molar-refractivity contribution in [1.82, 2.24) is 9.88 Å². The Bertz CT molecular complexity index is 966. The Labute approximate surface area is 174 Å². The van der Waals surface area contributed by atoms with Crippen molar-refractivity contribution in [2.45, 2.75) is 25.3 Å². The summed E-state index contributed by atoms with van der Waals surface area (Å²) in [4.78, 5) is 21.3. The third-order valence-electron chi connectivity index (χ3n) is 5.63. The first kappa shape index (κ1) is 19.3. The second kappa shape index (κ2) is 8.18. The molecule has 0 bridgehead atoms. The third kappa shape index (κ3) is 3.94. The maximum Gasteiger partial charge on any atom is 0.322 e. The maximum absolute atomic E-state index is 12.8. The van der Waals surface area contributed by atoms with Crippen molar-refractivity contribution >= 4 is 29.1 Å². The number of pyridine rings is 1. The molecule has 2 aromatic rings. The molecule has 1 aromatic carbocycles. The molecule has 0 radical (unpaired) electrons. The van der Waals surface area contributed by atoms with Gasteiger partial charge in [0.15, 0.2) is 0 Å². The number of carbonyl (C=O) groups is 1. The fraction of sp³-hybridized carbons (Fsp3) is 0.381. The fourth-order valence-corrected chi connectivity index (χ4v) is 4.17. The Morgan fingerprint density at radius 3 is 2.76 bits per heavy atom. The smallest absolute Gasteiger partial charge is 0.322 e. The predicted molar refractivity (Wildman–Crippen MR) is 112 cm³/mol. The second-order valence-corrected chi connectivity index (χ2v) is 7.66. The minimum absolute atomic E-state index is 0.0492. The number of fused-ring (bicyclic) bond motifs is 1. The van der Waals surface area contributed by atoms with E-state index in [1.807, 2.05) is 29.2 Å². The number of nitrogens with zero attached hydrogens (tertiary/aromatic N) is 4. The summed E-state index contributed by atoms with van der Waals surface area (Å²) in [5, 5.41) is 12.5. The van der Waals surface area contributed by atoms with Gasteiger partial charge >= 0.3 is 6.03 Å². The van der Waals surface area contributed by atoms with Gasteiger partial charge in [-0.05, 0) is 43.0 Å². The van der Waals surface area contributed by atoms with Crippen LogP contribution in [0.5, 0.6) is 5.75 Å². The maximum atomic E-state index is 12.8. The first-order valence-corrected chi connectivity index (χ1v) is 10.0. The van der Waals surface area contributed by atoms with Crippen LogP contribution >= 0.6 is 11.6 Å². The highest BCUT2D eigenvalue weighted by Crippen LogP contribution is 2.29. The number of benzene rings is 1. The lowest BCUT2D eigenvalue weighted by Crippen LogP contribution is -2.49. The van der Waals surface area contributed by atoms with E-state index in [9.17, 15) is 4.79 Å². The van der Waals surface area contributed by atoms with Crippen LogP contribution in [0.25, 0.3) is 0 Å². The minimum Gasteiger partial charge on any atom is -0.497 e. The van der Waals surface area contributed by atoms with Gasteiger partial charge in [-0.1, -0.05) is 11.6 Å². The van der Waals surface area contributed by atoms with E-state index in [2.05, 4.69) is 15.2 Å². The lowest BCUT2D eigenvalue weighted by Gasteiger charge is -2.38. The van der Waals surface area contributed by atoms with Gasteiger partial charge in [0, 0.05) is 43.6 Å². The van der Waals surface area contributed by atoms with Gasteiger partial charge in [0.2, 0.25) is 0 Å². The van der Waals surface area contributed by atoms with Crippen LogP contribution in [0.3, 0.4) is 0 Å². The number of methoxy groups -OCH3 is 1. The molecule has 29 heavy (non-hydrogen) atoms. The first-order valence-electron chi connectivity index (χ1n) is 9.64. The van der Waals surface area contributed by atoms with E-state index in [1.54, 1.807) is 13.2 Å². The zero-order valence-electron chi connectivity index (χ0n) is 16.2. The zero-order chi connectivity index (χ0) is 20.4. The van der Waals surface area contributed by atoms with Crippen LogP contribution in [-0.2, 0) is 6.42 Å². The highest BCUT2D eigenvalue weighted by atomic mass is 35.5. The van der Waals surface area contributed by atoms with Gasteiger partial charge in [-0.25, -0.2) is 9.78 Å². The highest BCUT2D eigenvalue weighted by molar-refractivity contribution is 6.31. The lowest BCUT2D eigenvalue weighted by molar-refractivity contribution is 0.177. The van der Waals surface area contributed by atoms with Gasteiger partial charge in [0.05, 0.1) is 17.7 Å². The van der Waals surface area contributed by atoms with Crippen LogP contribution in [0.2, 0.25) is 5.02 Å². The number of piperidine rings is 1. The Balaban J connectivity index is 1.41. The summed E-state index contributed by atoms with van der Waals surface area (Å²) in [5.41, 5.74) is 2.32. The molecule has 150 valence electrons. The number of hydrogen-bond acceptors (Lipinski definition) is 5. The molecule has 1 aromatic heterocycles. The van der Waals surface area contributed by atoms with Crippen molar-refractivity contribution in [3.63, 3.8) is 0 Å². The van der Waals surface area contributed by atoms with Gasteiger partial charge in [0.1, 0.15) is 17.6 Å². The minimum atomic E-state index is -0.0492. The number of nitrogens with one attached hydrogen (secondary N) is 1. The van der Waals surface area contributed by atoms with E-state index >= 15 is 0 Å². The van der Waals surface area contributed by atoms with E-state index in [0.717, 1.165) is 55.2 Å². The van der Waals surface area contributed by atoms with E-state index in [-0.39, 0.29) is 12.1 Å². The van der Waals surface area contributed by atoms with Gasteiger partial charge in [-0.15, -0.1) is 0 Å². The Morgan fingerprint density at radius 2 is 2.07 bits per heavy atom. The predicted octanol–water partition coefficient (Wildman–Crippen LogP) is 3.67. The summed E-state index contributed by atoms with van der Waals surface area (Å²) in [6.07, 6.45) is 4.01. The van der Waals surface area contributed by atoms with Gasteiger partial charge in [-0.2, -0.15) is 5.26 Å². The van der Waals surface area contributed by atoms with Crippen LogP contribution in [-0.4, -0.2) is 48.7 Å². The molecule has 0 aliphatic carbocycles. The molecular formula is C21H22ClN5O2. The summed E-state index contributed by atoms with van der Waals surface area (Å²) < 4.78 is 5.30. The largest absolute Gasteiger partial charge is 0.497 e. The second-order valence-electron chi connectivity index (χ2n) is 7.25. The van der Waals surface area contributed by atoms with Gasteiger partial charge in [0.25, 0.3) is 0 Å². The molecule has 1 saturated heterocycles. The molecule has 2 aliphatic heterocycles. The molecule has 0 atom stereocenters. The number of nitriles is 1. The molecule has 7 nitrogen and oxygen atoms in total. The van der Waals surface area contributed by atoms with E-state index in [1.165, 1.54) is 6.20 Å². The number of amides is 2. The summed E-state index contributed by atoms with van der Waals surface area (Å²) >= 11 is 6.14. The monoisotopic (exact) mass is 411 g/mol. The number of hydrogen-bond donors (Lipinski definition) is 1. The Morgan fingerprint density at radius 1 is 1.28 bits per heavy atom. The molecule has 4 rings (SSSR count). The molecule has 2 aliphatic rings. The fourth-order valence-electron chi connectivity index (χ4n) is 3.99. The third-order valence-corrected chi connectivity index (χ3v) is 5.94. The quantitative estimate of drug-likeness (QED) is 0.833. The molecule has 2 amide bonds. The molecule has 0 saturated carbocycles. The summed E-state index contributed by atoms with van der Waals surface area (Å²) in [7, 11) is 1.65. The SMILES string of the molecule is COc1ccc2c(c1)CCN(C1CCN(c3cc(Cl)c(C#N)cn3)CC1)C(=O)N2. The van der Waals surface area contributed by atoms with Crippen molar-refractivity contribution in [1.29, 1.82) is 5.26 Å². The Kier molecular flexibility index (Phi) is 5.45. The van der Waals surface area contributed by atoms with Crippen molar-refractivity contribution in [2.24, 2.45) is 0 Å². The number of anilines is 2.